The van der Waals surface area contributed by atoms with E-state index in [2.05, 4.69) is 10.6 Å². The molecule has 0 saturated heterocycles. The van der Waals surface area contributed by atoms with Crippen LogP contribution in [-0.4, -0.2) is 24.6 Å². The van der Waals surface area contributed by atoms with E-state index >= 15 is 0 Å². The van der Waals surface area contributed by atoms with Crippen LogP contribution in [0.2, 0.25) is 0 Å². The van der Waals surface area contributed by atoms with E-state index in [4.69, 9.17) is 14.2 Å². The van der Waals surface area contributed by atoms with Crippen LogP contribution in [-0.2, 0) is 4.79 Å². The normalized spacial score (nSPS) is 11.5. The van der Waals surface area contributed by atoms with Gasteiger partial charge < -0.3 is 24.8 Å². The molecule has 0 radical (unpaired) electrons. The average Bonchev–Trinajstić information content (AvgIpc) is 3.22. The second-order valence-corrected chi connectivity index (χ2v) is 6.64. The molecule has 0 aliphatic carbocycles. The molecule has 0 bridgehead atoms. The van der Waals surface area contributed by atoms with Gasteiger partial charge in [0, 0.05) is 18.1 Å². The highest BCUT2D eigenvalue weighted by atomic mass is 16.7. The highest BCUT2D eigenvalue weighted by Crippen LogP contribution is 2.33. The number of fused-ring (bicyclic) bond motifs is 1. The van der Waals surface area contributed by atoms with Crippen molar-refractivity contribution in [3.8, 4) is 17.2 Å². The zero-order valence-corrected chi connectivity index (χ0v) is 16.5. The summed E-state index contributed by atoms with van der Waals surface area (Å²) >= 11 is 0. The van der Waals surface area contributed by atoms with Gasteiger partial charge in [-0.3, -0.25) is 14.4 Å². The molecule has 3 aromatic carbocycles. The lowest BCUT2D eigenvalue weighted by atomic mass is 10.1. The molecule has 2 N–H and O–H groups in total. The van der Waals surface area contributed by atoms with Crippen molar-refractivity contribution in [3.63, 3.8) is 0 Å². The third-order valence-corrected chi connectivity index (χ3v) is 4.42. The van der Waals surface area contributed by atoms with Gasteiger partial charge in [-0.1, -0.05) is 18.2 Å². The first kappa shape index (κ1) is 20.0. The van der Waals surface area contributed by atoms with E-state index in [9.17, 15) is 14.4 Å². The van der Waals surface area contributed by atoms with Crippen LogP contribution >= 0.6 is 0 Å². The number of nitrogens with one attached hydrogen (secondary N) is 2. The topological polar surface area (TPSA) is 103 Å². The average molecular weight is 418 g/mol. The number of ether oxygens (including phenoxy) is 3. The van der Waals surface area contributed by atoms with Crippen molar-refractivity contribution >= 4 is 29.2 Å². The highest BCUT2D eigenvalue weighted by Gasteiger charge is 2.17. The lowest BCUT2D eigenvalue weighted by Crippen LogP contribution is -2.17. The maximum absolute atomic E-state index is 12.7. The number of para-hydroxylation sites is 2. The summed E-state index contributed by atoms with van der Waals surface area (Å²) in [7, 11) is 0. The van der Waals surface area contributed by atoms with Crippen molar-refractivity contribution in [2.24, 2.45) is 0 Å². The lowest BCUT2D eigenvalue weighted by Gasteiger charge is -2.13. The van der Waals surface area contributed by atoms with Gasteiger partial charge in [0.2, 0.25) is 6.79 Å². The van der Waals surface area contributed by atoms with E-state index in [0.717, 1.165) is 0 Å². The molecule has 2 amide bonds. The smallest absolute Gasteiger partial charge is 0.308 e. The Hall–Kier alpha value is -4.33. The molecule has 8 nitrogen and oxygen atoms in total. The summed E-state index contributed by atoms with van der Waals surface area (Å²) in [5, 5.41) is 5.56. The number of hydrogen-bond acceptors (Lipinski definition) is 6. The van der Waals surface area contributed by atoms with Gasteiger partial charge in [0.1, 0.15) is 5.75 Å². The molecular weight excluding hydrogens is 400 g/mol. The molecule has 156 valence electrons. The number of carbonyl (C=O) groups excluding carboxylic acids is 3. The van der Waals surface area contributed by atoms with Crippen LogP contribution in [0.4, 0.5) is 11.4 Å². The summed E-state index contributed by atoms with van der Waals surface area (Å²) in [5.41, 5.74) is 1.53. The van der Waals surface area contributed by atoms with Gasteiger partial charge in [0.05, 0.1) is 11.4 Å². The van der Waals surface area contributed by atoms with Crippen LogP contribution in [0.1, 0.15) is 27.6 Å². The Kier molecular flexibility index (Phi) is 5.53. The molecule has 0 unspecified atom stereocenters. The van der Waals surface area contributed by atoms with Crippen LogP contribution in [0, 0.1) is 0 Å². The standard InChI is InChI=1S/C23H18N2O6/c1-14(26)31-17-6-4-5-15(11-17)22(27)24-18-7-2-3-8-19(18)25-23(28)16-9-10-20-21(12-16)30-13-29-20/h2-12H,13H2,1H3,(H,24,27)(H,25,28). The highest BCUT2D eigenvalue weighted by molar-refractivity contribution is 6.10. The Morgan fingerprint density at radius 3 is 2.10 bits per heavy atom. The fourth-order valence-corrected chi connectivity index (χ4v) is 2.99. The fourth-order valence-electron chi connectivity index (χ4n) is 2.99. The van der Waals surface area contributed by atoms with Crippen LogP contribution in [0.15, 0.2) is 66.7 Å². The predicted molar refractivity (Wildman–Crippen MR) is 113 cm³/mol. The molecular formula is C23H18N2O6. The minimum atomic E-state index is -0.478. The van der Waals surface area contributed by atoms with E-state index < -0.39 is 11.9 Å². The second kappa shape index (κ2) is 8.58. The first-order valence-electron chi connectivity index (χ1n) is 9.39. The number of benzene rings is 3. The number of hydrogen-bond donors (Lipinski definition) is 2. The van der Waals surface area contributed by atoms with Gasteiger partial charge in [0.25, 0.3) is 11.8 Å². The molecule has 0 spiro atoms. The number of esters is 1. The molecule has 31 heavy (non-hydrogen) atoms. The zero-order chi connectivity index (χ0) is 21.8. The predicted octanol–water partition coefficient (Wildman–Crippen LogP) is 3.85. The third kappa shape index (κ3) is 4.64. The Morgan fingerprint density at radius 1 is 0.774 bits per heavy atom. The van der Waals surface area contributed by atoms with Crippen molar-refractivity contribution in [2.75, 3.05) is 17.4 Å². The summed E-state index contributed by atoms with van der Waals surface area (Å²) in [5.74, 6) is 0.0939. The number of rotatable bonds is 5. The van der Waals surface area contributed by atoms with Crippen molar-refractivity contribution in [2.45, 2.75) is 6.92 Å². The summed E-state index contributed by atoms with van der Waals surface area (Å²) in [6.07, 6.45) is 0. The molecule has 8 heteroatoms. The van der Waals surface area contributed by atoms with E-state index in [1.54, 1.807) is 60.7 Å². The largest absolute Gasteiger partial charge is 0.454 e. The van der Waals surface area contributed by atoms with Gasteiger partial charge in [-0.25, -0.2) is 0 Å². The molecule has 0 aromatic heterocycles. The molecule has 4 rings (SSSR count). The number of carbonyl (C=O) groups is 3. The van der Waals surface area contributed by atoms with Crippen molar-refractivity contribution in [3.05, 3.63) is 77.9 Å². The Bertz CT molecular complexity index is 1170. The lowest BCUT2D eigenvalue weighted by molar-refractivity contribution is -0.131. The van der Waals surface area contributed by atoms with Crippen molar-refractivity contribution < 1.29 is 28.6 Å². The van der Waals surface area contributed by atoms with Crippen LogP contribution in [0.5, 0.6) is 17.2 Å². The maximum atomic E-state index is 12.7. The van der Waals surface area contributed by atoms with Gasteiger partial charge >= 0.3 is 5.97 Å². The molecule has 1 aliphatic heterocycles. The van der Waals surface area contributed by atoms with Crippen LogP contribution in [0.3, 0.4) is 0 Å². The van der Waals surface area contributed by atoms with Crippen molar-refractivity contribution in [1.82, 2.24) is 0 Å². The first-order chi connectivity index (χ1) is 15.0. The summed E-state index contributed by atoms with van der Waals surface area (Å²) < 4.78 is 15.6. The number of amides is 2. The molecule has 0 fully saturated rings. The monoisotopic (exact) mass is 418 g/mol. The molecule has 1 heterocycles. The Labute approximate surface area is 177 Å². The molecule has 3 aromatic rings. The molecule has 0 atom stereocenters. The first-order valence-corrected chi connectivity index (χ1v) is 9.39. The van der Waals surface area contributed by atoms with Gasteiger partial charge in [0.15, 0.2) is 11.5 Å². The third-order valence-electron chi connectivity index (χ3n) is 4.42. The minimum Gasteiger partial charge on any atom is -0.454 e. The van der Waals surface area contributed by atoms with Gasteiger partial charge in [-0.15, -0.1) is 0 Å². The number of anilines is 2. The SMILES string of the molecule is CC(=O)Oc1cccc(C(=O)Nc2ccccc2NC(=O)c2ccc3c(c2)OCO3)c1. The van der Waals surface area contributed by atoms with E-state index in [-0.39, 0.29) is 18.4 Å². The molecule has 1 aliphatic rings. The Balaban J connectivity index is 1.50. The van der Waals surface area contributed by atoms with E-state index in [1.807, 2.05) is 0 Å². The summed E-state index contributed by atoms with van der Waals surface area (Å²) in [4.78, 5) is 36.5. The summed E-state index contributed by atoms with van der Waals surface area (Å²) in [6, 6.07) is 18.0. The second-order valence-electron chi connectivity index (χ2n) is 6.64. The van der Waals surface area contributed by atoms with Crippen molar-refractivity contribution in [1.29, 1.82) is 0 Å². The zero-order valence-electron chi connectivity index (χ0n) is 16.5. The Morgan fingerprint density at radius 2 is 1.42 bits per heavy atom. The van der Waals surface area contributed by atoms with E-state index in [1.165, 1.54) is 13.0 Å². The quantitative estimate of drug-likeness (QED) is 0.482. The fraction of sp³-hybridized carbons (Fsp3) is 0.0870. The maximum Gasteiger partial charge on any atom is 0.308 e. The van der Waals surface area contributed by atoms with E-state index in [0.29, 0.717) is 34.0 Å². The summed E-state index contributed by atoms with van der Waals surface area (Å²) in [6.45, 7) is 1.40. The van der Waals surface area contributed by atoms with Crippen LogP contribution in [0.25, 0.3) is 0 Å². The molecule has 0 saturated carbocycles. The van der Waals surface area contributed by atoms with Crippen LogP contribution < -0.4 is 24.8 Å². The van der Waals surface area contributed by atoms with Gasteiger partial charge in [-0.05, 0) is 48.5 Å². The minimum absolute atomic E-state index is 0.119. The van der Waals surface area contributed by atoms with Gasteiger partial charge in [-0.2, -0.15) is 0 Å².